The summed E-state index contributed by atoms with van der Waals surface area (Å²) in [4.78, 5) is 21.7. The highest BCUT2D eigenvalue weighted by atomic mass is 35.5. The Kier molecular flexibility index (Phi) is 3.66. The Morgan fingerprint density at radius 3 is 2.84 bits per heavy atom. The van der Waals surface area contributed by atoms with Gasteiger partial charge in [0.05, 0.1) is 11.7 Å². The standard InChI is InChI=1S/C11H13ClN6O/c1-6(7-3-4-14-5-15-7)18(2)11(19)9-8(12)10(13)17-16-9/h3-6H,1-2H3,(H3,13,16,17)/t6-/m1/s1. The molecule has 0 fully saturated rings. The van der Waals surface area contributed by atoms with Gasteiger partial charge in [0.25, 0.3) is 5.91 Å². The van der Waals surface area contributed by atoms with Crippen LogP contribution in [0.3, 0.4) is 0 Å². The van der Waals surface area contributed by atoms with E-state index in [1.54, 1.807) is 19.3 Å². The van der Waals surface area contributed by atoms with Crippen molar-refractivity contribution in [1.29, 1.82) is 0 Å². The summed E-state index contributed by atoms with van der Waals surface area (Å²) < 4.78 is 0. The zero-order valence-electron chi connectivity index (χ0n) is 10.5. The van der Waals surface area contributed by atoms with Crippen LogP contribution in [0, 0.1) is 0 Å². The molecule has 3 N–H and O–H groups in total. The van der Waals surface area contributed by atoms with Gasteiger partial charge in [0, 0.05) is 13.2 Å². The molecule has 2 rings (SSSR count). The second-order valence-corrected chi connectivity index (χ2v) is 4.40. The summed E-state index contributed by atoms with van der Waals surface area (Å²) in [5, 5.41) is 6.36. The molecule has 0 saturated heterocycles. The molecule has 0 radical (unpaired) electrons. The van der Waals surface area contributed by atoms with Crippen LogP contribution >= 0.6 is 11.6 Å². The fraction of sp³-hybridized carbons (Fsp3) is 0.273. The van der Waals surface area contributed by atoms with Crippen LogP contribution in [-0.4, -0.2) is 38.0 Å². The van der Waals surface area contributed by atoms with Gasteiger partial charge in [-0.1, -0.05) is 11.6 Å². The van der Waals surface area contributed by atoms with Crippen molar-refractivity contribution in [2.75, 3.05) is 12.8 Å². The Balaban J connectivity index is 2.22. The number of hydrogen-bond donors (Lipinski definition) is 2. The van der Waals surface area contributed by atoms with Gasteiger partial charge in [-0.25, -0.2) is 9.97 Å². The summed E-state index contributed by atoms with van der Waals surface area (Å²) in [7, 11) is 1.66. The Morgan fingerprint density at radius 1 is 1.58 bits per heavy atom. The number of aromatic nitrogens is 4. The molecule has 8 heteroatoms. The van der Waals surface area contributed by atoms with Crippen LogP contribution in [0.4, 0.5) is 5.82 Å². The van der Waals surface area contributed by atoms with E-state index in [1.165, 1.54) is 11.2 Å². The van der Waals surface area contributed by atoms with Crippen LogP contribution < -0.4 is 5.73 Å². The topological polar surface area (TPSA) is 101 Å². The molecule has 100 valence electrons. The molecule has 0 aliphatic heterocycles. The molecule has 0 bridgehead atoms. The van der Waals surface area contributed by atoms with Gasteiger partial charge in [-0.05, 0) is 13.0 Å². The van der Waals surface area contributed by atoms with Crippen molar-refractivity contribution in [3.8, 4) is 0 Å². The van der Waals surface area contributed by atoms with Gasteiger partial charge in [0.15, 0.2) is 5.82 Å². The normalized spacial score (nSPS) is 12.2. The van der Waals surface area contributed by atoms with Gasteiger partial charge < -0.3 is 10.6 Å². The largest absolute Gasteiger partial charge is 0.381 e. The fourth-order valence-corrected chi connectivity index (χ4v) is 1.75. The second-order valence-electron chi connectivity index (χ2n) is 4.02. The van der Waals surface area contributed by atoms with Gasteiger partial charge in [0.1, 0.15) is 17.0 Å². The number of carbonyl (C=O) groups is 1. The number of anilines is 1. The Labute approximate surface area is 114 Å². The van der Waals surface area contributed by atoms with E-state index in [9.17, 15) is 4.79 Å². The Hall–Kier alpha value is -2.15. The summed E-state index contributed by atoms with van der Waals surface area (Å²) >= 11 is 5.91. The van der Waals surface area contributed by atoms with Gasteiger partial charge in [-0.3, -0.25) is 9.89 Å². The first kappa shape index (κ1) is 13.3. The van der Waals surface area contributed by atoms with E-state index in [1.807, 2.05) is 6.92 Å². The number of amides is 1. The van der Waals surface area contributed by atoms with Crippen LogP contribution in [0.1, 0.15) is 29.1 Å². The molecule has 2 aromatic rings. The van der Waals surface area contributed by atoms with E-state index in [4.69, 9.17) is 17.3 Å². The zero-order chi connectivity index (χ0) is 14.0. The number of carbonyl (C=O) groups excluding carboxylic acids is 1. The lowest BCUT2D eigenvalue weighted by molar-refractivity contribution is 0.0734. The zero-order valence-corrected chi connectivity index (χ0v) is 11.2. The van der Waals surface area contributed by atoms with Crippen molar-refractivity contribution < 1.29 is 4.79 Å². The monoisotopic (exact) mass is 280 g/mol. The van der Waals surface area contributed by atoms with Crippen LogP contribution in [-0.2, 0) is 0 Å². The third kappa shape index (κ3) is 2.50. The van der Waals surface area contributed by atoms with E-state index in [0.29, 0.717) is 0 Å². The first-order valence-electron chi connectivity index (χ1n) is 5.54. The van der Waals surface area contributed by atoms with Gasteiger partial charge in [-0.15, -0.1) is 0 Å². The van der Waals surface area contributed by atoms with Crippen LogP contribution in [0.5, 0.6) is 0 Å². The van der Waals surface area contributed by atoms with Crippen LogP contribution in [0.2, 0.25) is 5.02 Å². The molecule has 0 unspecified atom stereocenters. The number of aromatic amines is 1. The lowest BCUT2D eigenvalue weighted by Crippen LogP contribution is -2.30. The molecule has 19 heavy (non-hydrogen) atoms. The molecule has 0 aromatic carbocycles. The van der Waals surface area contributed by atoms with E-state index in [0.717, 1.165) is 5.69 Å². The third-order valence-corrected chi connectivity index (χ3v) is 3.26. The van der Waals surface area contributed by atoms with Crippen molar-refractivity contribution in [2.45, 2.75) is 13.0 Å². The predicted molar refractivity (Wildman–Crippen MR) is 70.6 cm³/mol. The Bertz CT molecular complexity index is 584. The van der Waals surface area contributed by atoms with Crippen LogP contribution in [0.15, 0.2) is 18.6 Å². The molecule has 1 amide bonds. The van der Waals surface area contributed by atoms with Crippen molar-refractivity contribution in [3.63, 3.8) is 0 Å². The van der Waals surface area contributed by atoms with E-state index in [-0.39, 0.29) is 28.5 Å². The molecule has 0 saturated carbocycles. The SMILES string of the molecule is C[C@H](c1ccncn1)N(C)C(=O)c1[nH]nc(N)c1Cl. The lowest BCUT2D eigenvalue weighted by Gasteiger charge is -2.23. The minimum absolute atomic E-state index is 0.105. The summed E-state index contributed by atoms with van der Waals surface area (Å²) in [5.41, 5.74) is 6.40. The van der Waals surface area contributed by atoms with Crippen LogP contribution in [0.25, 0.3) is 0 Å². The highest BCUT2D eigenvalue weighted by Crippen LogP contribution is 2.24. The summed E-state index contributed by atoms with van der Waals surface area (Å²) in [6, 6.07) is 1.52. The van der Waals surface area contributed by atoms with Crippen molar-refractivity contribution >= 4 is 23.3 Å². The average molecular weight is 281 g/mol. The number of hydrogen-bond acceptors (Lipinski definition) is 5. The quantitative estimate of drug-likeness (QED) is 0.882. The number of nitrogens with two attached hydrogens (primary N) is 1. The molecular weight excluding hydrogens is 268 g/mol. The molecule has 2 heterocycles. The molecule has 0 spiro atoms. The maximum Gasteiger partial charge on any atom is 0.273 e. The van der Waals surface area contributed by atoms with E-state index < -0.39 is 0 Å². The number of rotatable bonds is 3. The highest BCUT2D eigenvalue weighted by molar-refractivity contribution is 6.35. The van der Waals surface area contributed by atoms with E-state index in [2.05, 4.69) is 20.2 Å². The number of nitrogens with one attached hydrogen (secondary N) is 1. The molecule has 2 aromatic heterocycles. The molecule has 7 nitrogen and oxygen atoms in total. The number of halogens is 1. The van der Waals surface area contributed by atoms with E-state index >= 15 is 0 Å². The smallest absolute Gasteiger partial charge is 0.273 e. The number of H-pyrrole nitrogens is 1. The first-order chi connectivity index (χ1) is 9.02. The maximum absolute atomic E-state index is 12.3. The average Bonchev–Trinajstić information content (AvgIpc) is 2.77. The minimum atomic E-state index is -0.305. The van der Waals surface area contributed by atoms with Crippen molar-refractivity contribution in [2.24, 2.45) is 0 Å². The molecule has 1 atom stereocenters. The third-order valence-electron chi connectivity index (χ3n) is 2.88. The van der Waals surface area contributed by atoms with Gasteiger partial charge in [0.2, 0.25) is 0 Å². The summed E-state index contributed by atoms with van der Waals surface area (Å²) in [6.07, 6.45) is 3.06. The minimum Gasteiger partial charge on any atom is -0.381 e. The van der Waals surface area contributed by atoms with Gasteiger partial charge >= 0.3 is 0 Å². The maximum atomic E-state index is 12.3. The number of nitrogens with zero attached hydrogens (tertiary/aromatic N) is 4. The predicted octanol–water partition coefficient (Wildman–Crippen LogP) is 1.27. The summed E-state index contributed by atoms with van der Waals surface area (Å²) in [6.45, 7) is 1.86. The highest BCUT2D eigenvalue weighted by Gasteiger charge is 2.24. The molecular formula is C11H13ClN6O. The van der Waals surface area contributed by atoms with Crippen molar-refractivity contribution in [3.05, 3.63) is 35.0 Å². The van der Waals surface area contributed by atoms with Crippen molar-refractivity contribution in [1.82, 2.24) is 25.1 Å². The molecule has 0 aliphatic rings. The fourth-order valence-electron chi connectivity index (χ4n) is 1.58. The summed E-state index contributed by atoms with van der Waals surface area (Å²) in [5.74, 6) is -0.201. The lowest BCUT2D eigenvalue weighted by atomic mass is 10.2. The number of nitrogen functional groups attached to an aromatic ring is 1. The second kappa shape index (κ2) is 5.23. The molecule has 0 aliphatic carbocycles. The Morgan fingerprint density at radius 2 is 2.32 bits per heavy atom. The van der Waals surface area contributed by atoms with Gasteiger partial charge in [-0.2, -0.15) is 5.10 Å². The first-order valence-corrected chi connectivity index (χ1v) is 5.92.